The lowest BCUT2D eigenvalue weighted by molar-refractivity contribution is 0.0295. The van der Waals surface area contributed by atoms with Gasteiger partial charge in [-0.3, -0.25) is 0 Å². The van der Waals surface area contributed by atoms with Gasteiger partial charge in [0, 0.05) is 12.7 Å². The zero-order valence-electron chi connectivity index (χ0n) is 9.86. The maximum Gasteiger partial charge on any atom is 0.224 e. The topological polar surface area (TPSA) is 38.2 Å². The van der Waals surface area contributed by atoms with E-state index in [1.54, 1.807) is 6.20 Å². The molecule has 2 rings (SSSR count). The van der Waals surface area contributed by atoms with Crippen LogP contribution in [0.1, 0.15) is 20.3 Å². The average Bonchev–Trinajstić information content (AvgIpc) is 2.32. The minimum Gasteiger partial charge on any atom is -0.375 e. The van der Waals surface area contributed by atoms with Crippen molar-refractivity contribution in [1.29, 1.82) is 0 Å². The molecule has 1 aromatic rings. The summed E-state index contributed by atoms with van der Waals surface area (Å²) in [5.41, 5.74) is 0. The Kier molecular flexibility index (Phi) is 4.22. The first kappa shape index (κ1) is 13.1. The van der Waals surface area contributed by atoms with Crippen molar-refractivity contribution < 1.29 is 4.74 Å². The first-order valence-corrected chi connectivity index (χ1v) is 6.85. The third-order valence-electron chi connectivity index (χ3n) is 2.91. The number of rotatable bonds is 2. The second-order valence-electron chi connectivity index (χ2n) is 4.17. The van der Waals surface area contributed by atoms with Gasteiger partial charge in [0.05, 0.1) is 23.2 Å². The van der Waals surface area contributed by atoms with Crippen LogP contribution in [-0.4, -0.2) is 35.3 Å². The third kappa shape index (κ3) is 2.89. The second-order valence-corrected chi connectivity index (χ2v) is 5.36. The minimum atomic E-state index is 0.207. The molecule has 2 atom stereocenters. The Bertz CT molecular complexity index is 404. The van der Waals surface area contributed by atoms with Gasteiger partial charge in [-0.25, -0.2) is 4.98 Å². The van der Waals surface area contributed by atoms with Crippen molar-refractivity contribution in [1.82, 2.24) is 9.97 Å². The van der Waals surface area contributed by atoms with Crippen molar-refractivity contribution in [3.63, 3.8) is 0 Å². The number of aromatic nitrogens is 2. The zero-order chi connectivity index (χ0) is 12.4. The molecule has 4 nitrogen and oxygen atoms in total. The van der Waals surface area contributed by atoms with E-state index < -0.39 is 0 Å². The molecule has 1 fully saturated rings. The molecule has 0 amide bonds. The highest BCUT2D eigenvalue weighted by Crippen LogP contribution is 2.29. The Morgan fingerprint density at radius 3 is 3.12 bits per heavy atom. The van der Waals surface area contributed by atoms with E-state index in [4.69, 9.17) is 16.3 Å². The Labute approximate surface area is 114 Å². The summed E-state index contributed by atoms with van der Waals surface area (Å²) in [6.45, 7) is 5.76. The van der Waals surface area contributed by atoms with E-state index >= 15 is 0 Å². The summed E-state index contributed by atoms with van der Waals surface area (Å²) >= 11 is 9.34. The summed E-state index contributed by atoms with van der Waals surface area (Å²) in [5.74, 6) is 0.854. The van der Waals surface area contributed by atoms with E-state index in [1.165, 1.54) is 0 Å². The highest BCUT2D eigenvalue weighted by molar-refractivity contribution is 9.10. The summed E-state index contributed by atoms with van der Waals surface area (Å²) in [6.07, 6.45) is 2.91. The molecule has 0 aromatic carbocycles. The van der Waals surface area contributed by atoms with Crippen LogP contribution >= 0.6 is 27.5 Å². The van der Waals surface area contributed by atoms with Crippen LogP contribution in [0.5, 0.6) is 0 Å². The molecule has 1 aromatic heterocycles. The van der Waals surface area contributed by atoms with Crippen LogP contribution < -0.4 is 4.90 Å². The van der Waals surface area contributed by atoms with Crippen LogP contribution in [0.3, 0.4) is 0 Å². The van der Waals surface area contributed by atoms with Gasteiger partial charge >= 0.3 is 0 Å². The van der Waals surface area contributed by atoms with Crippen molar-refractivity contribution in [3.05, 3.63) is 16.0 Å². The molecule has 0 saturated carbocycles. The van der Waals surface area contributed by atoms with Gasteiger partial charge in [-0.1, -0.05) is 6.92 Å². The highest BCUT2D eigenvalue weighted by atomic mass is 79.9. The molecule has 0 spiro atoms. The molecule has 2 heterocycles. The predicted molar refractivity (Wildman–Crippen MR) is 71.6 cm³/mol. The molecule has 17 heavy (non-hydrogen) atoms. The molecule has 1 saturated heterocycles. The molecule has 0 bridgehead atoms. The Morgan fingerprint density at radius 1 is 1.65 bits per heavy atom. The van der Waals surface area contributed by atoms with Crippen LogP contribution in [-0.2, 0) is 4.74 Å². The van der Waals surface area contributed by atoms with Crippen LogP contribution in [0.2, 0.25) is 5.28 Å². The van der Waals surface area contributed by atoms with Gasteiger partial charge in [0.1, 0.15) is 5.82 Å². The fourth-order valence-corrected chi connectivity index (χ4v) is 2.53. The van der Waals surface area contributed by atoms with E-state index in [1.807, 2.05) is 0 Å². The molecule has 1 aliphatic heterocycles. The lowest BCUT2D eigenvalue weighted by Crippen LogP contribution is -2.49. The van der Waals surface area contributed by atoms with Gasteiger partial charge in [0.2, 0.25) is 5.28 Å². The Morgan fingerprint density at radius 2 is 2.41 bits per heavy atom. The number of morpholine rings is 1. The van der Waals surface area contributed by atoms with Gasteiger partial charge in [-0.05, 0) is 40.9 Å². The Balaban J connectivity index is 2.31. The number of anilines is 1. The van der Waals surface area contributed by atoms with Crippen LogP contribution in [0.25, 0.3) is 0 Å². The second kappa shape index (κ2) is 5.50. The third-order valence-corrected chi connectivity index (χ3v) is 3.65. The van der Waals surface area contributed by atoms with Gasteiger partial charge in [0.15, 0.2) is 0 Å². The van der Waals surface area contributed by atoms with Crippen molar-refractivity contribution in [3.8, 4) is 0 Å². The summed E-state index contributed by atoms with van der Waals surface area (Å²) < 4.78 is 6.54. The quantitative estimate of drug-likeness (QED) is 0.785. The summed E-state index contributed by atoms with van der Waals surface area (Å²) in [4.78, 5) is 10.5. The van der Waals surface area contributed by atoms with Gasteiger partial charge in [0.25, 0.3) is 0 Å². The van der Waals surface area contributed by atoms with E-state index in [0.717, 1.165) is 29.9 Å². The summed E-state index contributed by atoms with van der Waals surface area (Å²) in [7, 11) is 0. The number of ether oxygens (including phenoxy) is 1. The summed E-state index contributed by atoms with van der Waals surface area (Å²) in [6, 6.07) is 0.341. The van der Waals surface area contributed by atoms with Crippen LogP contribution in [0, 0.1) is 0 Å². The fraction of sp³-hybridized carbons (Fsp3) is 0.636. The maximum absolute atomic E-state index is 5.86. The van der Waals surface area contributed by atoms with Crippen molar-refractivity contribution in [2.24, 2.45) is 0 Å². The molecular formula is C11H15BrClN3O. The number of hydrogen-bond acceptors (Lipinski definition) is 4. The lowest BCUT2D eigenvalue weighted by Gasteiger charge is -2.39. The van der Waals surface area contributed by atoms with E-state index in [-0.39, 0.29) is 11.4 Å². The molecule has 6 heteroatoms. The van der Waals surface area contributed by atoms with E-state index in [0.29, 0.717) is 6.04 Å². The average molecular weight is 321 g/mol. The molecule has 0 N–H and O–H groups in total. The number of nitrogens with zero attached hydrogens (tertiary/aromatic N) is 3. The van der Waals surface area contributed by atoms with Crippen LogP contribution in [0.4, 0.5) is 5.82 Å². The van der Waals surface area contributed by atoms with Gasteiger partial charge in [-0.15, -0.1) is 0 Å². The van der Waals surface area contributed by atoms with E-state index in [2.05, 4.69) is 44.6 Å². The molecule has 0 aliphatic carbocycles. The SMILES string of the molecule is CCC1COC(C)CN1c1nc(Cl)ncc1Br. The normalized spacial score (nSPS) is 25.1. The van der Waals surface area contributed by atoms with E-state index in [9.17, 15) is 0 Å². The van der Waals surface area contributed by atoms with Gasteiger partial charge in [-0.2, -0.15) is 4.98 Å². The first-order valence-electron chi connectivity index (χ1n) is 5.68. The fourth-order valence-electron chi connectivity index (χ4n) is 1.98. The van der Waals surface area contributed by atoms with Gasteiger partial charge < -0.3 is 9.64 Å². The smallest absolute Gasteiger partial charge is 0.224 e. The maximum atomic E-state index is 5.86. The largest absolute Gasteiger partial charge is 0.375 e. The standard InChI is InChI=1S/C11H15BrClN3O/c1-3-8-6-17-7(2)5-16(8)10-9(12)4-14-11(13)15-10/h4,7-8H,3,5-6H2,1-2H3. The minimum absolute atomic E-state index is 0.207. The first-order chi connectivity index (χ1) is 8.11. The molecule has 0 radical (unpaired) electrons. The highest BCUT2D eigenvalue weighted by Gasteiger charge is 2.28. The molecule has 2 unspecified atom stereocenters. The zero-order valence-corrected chi connectivity index (χ0v) is 12.2. The molecule has 94 valence electrons. The molecule has 1 aliphatic rings. The van der Waals surface area contributed by atoms with Crippen molar-refractivity contribution in [2.75, 3.05) is 18.1 Å². The number of hydrogen-bond donors (Lipinski definition) is 0. The van der Waals surface area contributed by atoms with Crippen LogP contribution in [0.15, 0.2) is 10.7 Å². The Hall–Kier alpha value is -0.390. The molecular weight excluding hydrogens is 305 g/mol. The summed E-state index contributed by atoms with van der Waals surface area (Å²) in [5, 5.41) is 0.275. The predicted octanol–water partition coefficient (Wildman–Crippen LogP) is 2.90. The van der Waals surface area contributed by atoms with Crippen molar-refractivity contribution in [2.45, 2.75) is 32.4 Å². The number of halogens is 2. The monoisotopic (exact) mass is 319 g/mol. The lowest BCUT2D eigenvalue weighted by atomic mass is 10.1. The van der Waals surface area contributed by atoms with Crippen molar-refractivity contribution >= 4 is 33.3 Å².